The first kappa shape index (κ1) is 12.4. The minimum absolute atomic E-state index is 0.0536. The molecule has 1 saturated heterocycles. The number of benzene rings is 1. The van der Waals surface area contributed by atoms with E-state index in [1.54, 1.807) is 0 Å². The zero-order valence-electron chi connectivity index (χ0n) is 10.4. The molecule has 2 rings (SSSR count). The van der Waals surface area contributed by atoms with Gasteiger partial charge in [-0.15, -0.1) is 11.6 Å². The van der Waals surface area contributed by atoms with Crippen LogP contribution >= 0.6 is 11.6 Å². The molecule has 1 aliphatic heterocycles. The predicted octanol–water partition coefficient (Wildman–Crippen LogP) is 3.21. The Labute approximate surface area is 108 Å². The third-order valence-electron chi connectivity index (χ3n) is 3.55. The fraction of sp³-hybridized carbons (Fsp3) is 0.500. The number of carbonyl (C=O) groups excluding carboxylic acids is 1. The summed E-state index contributed by atoms with van der Waals surface area (Å²) in [5.41, 5.74) is 3.26. The zero-order valence-corrected chi connectivity index (χ0v) is 11.1. The Morgan fingerprint density at radius 1 is 1.29 bits per heavy atom. The van der Waals surface area contributed by atoms with Crippen LogP contribution < -0.4 is 0 Å². The standard InChI is InChI=1S/C14H18ClNO/c1-10-6-5-7-12(11(10)2)13(15)14(17)16-8-3-4-9-16/h5-7,13H,3-4,8-9H2,1-2H3. The summed E-state index contributed by atoms with van der Waals surface area (Å²) in [5, 5.41) is -0.534. The van der Waals surface area contributed by atoms with Gasteiger partial charge in [0.15, 0.2) is 0 Å². The molecule has 1 heterocycles. The van der Waals surface area contributed by atoms with Crippen molar-refractivity contribution < 1.29 is 4.79 Å². The number of rotatable bonds is 2. The average Bonchev–Trinajstić information content (AvgIpc) is 2.84. The third kappa shape index (κ3) is 2.47. The van der Waals surface area contributed by atoms with Gasteiger partial charge in [-0.1, -0.05) is 18.2 Å². The number of carbonyl (C=O) groups is 1. The summed E-state index contributed by atoms with van der Waals surface area (Å²) in [4.78, 5) is 14.1. The smallest absolute Gasteiger partial charge is 0.245 e. The highest BCUT2D eigenvalue weighted by molar-refractivity contribution is 6.30. The summed E-state index contributed by atoms with van der Waals surface area (Å²) in [7, 11) is 0. The van der Waals surface area contributed by atoms with Gasteiger partial charge in [0.25, 0.3) is 0 Å². The van der Waals surface area contributed by atoms with Gasteiger partial charge >= 0.3 is 0 Å². The zero-order chi connectivity index (χ0) is 12.4. The number of likely N-dealkylation sites (tertiary alicyclic amines) is 1. The Morgan fingerprint density at radius 3 is 2.59 bits per heavy atom. The lowest BCUT2D eigenvalue weighted by molar-refractivity contribution is -0.129. The van der Waals surface area contributed by atoms with E-state index in [4.69, 9.17) is 11.6 Å². The summed E-state index contributed by atoms with van der Waals surface area (Å²) < 4.78 is 0. The van der Waals surface area contributed by atoms with Crippen LogP contribution in [0, 0.1) is 13.8 Å². The van der Waals surface area contributed by atoms with Gasteiger partial charge in [0.05, 0.1) is 0 Å². The highest BCUT2D eigenvalue weighted by Crippen LogP contribution is 2.28. The molecule has 2 nitrogen and oxygen atoms in total. The monoisotopic (exact) mass is 251 g/mol. The van der Waals surface area contributed by atoms with Crippen LogP contribution in [0.2, 0.25) is 0 Å². The second-order valence-electron chi connectivity index (χ2n) is 4.68. The lowest BCUT2D eigenvalue weighted by Gasteiger charge is -2.20. The van der Waals surface area contributed by atoms with Crippen molar-refractivity contribution in [2.45, 2.75) is 32.1 Å². The molecule has 0 aromatic heterocycles. The van der Waals surface area contributed by atoms with E-state index in [1.165, 1.54) is 5.56 Å². The van der Waals surface area contributed by atoms with Gasteiger partial charge < -0.3 is 4.90 Å². The van der Waals surface area contributed by atoms with Crippen molar-refractivity contribution in [1.29, 1.82) is 0 Å². The van der Waals surface area contributed by atoms with Gasteiger partial charge in [0.1, 0.15) is 5.38 Å². The fourth-order valence-electron chi connectivity index (χ4n) is 2.28. The molecule has 1 fully saturated rings. The van der Waals surface area contributed by atoms with E-state index in [0.29, 0.717) is 0 Å². The van der Waals surface area contributed by atoms with E-state index in [0.717, 1.165) is 37.1 Å². The number of halogens is 1. The van der Waals surface area contributed by atoms with Gasteiger partial charge in [-0.2, -0.15) is 0 Å². The van der Waals surface area contributed by atoms with Gasteiger partial charge in [0.2, 0.25) is 5.91 Å². The van der Waals surface area contributed by atoms with Crippen LogP contribution in [0.25, 0.3) is 0 Å². The molecule has 3 heteroatoms. The molecule has 0 aliphatic carbocycles. The molecule has 1 unspecified atom stereocenters. The van der Waals surface area contributed by atoms with E-state index in [-0.39, 0.29) is 5.91 Å². The number of aryl methyl sites for hydroxylation is 1. The first-order valence-corrected chi connectivity index (χ1v) is 6.54. The van der Waals surface area contributed by atoms with E-state index in [9.17, 15) is 4.79 Å². The van der Waals surface area contributed by atoms with Crippen molar-refractivity contribution in [2.75, 3.05) is 13.1 Å². The topological polar surface area (TPSA) is 20.3 Å². The molecule has 1 aromatic carbocycles. The quantitative estimate of drug-likeness (QED) is 0.740. The SMILES string of the molecule is Cc1cccc(C(Cl)C(=O)N2CCCC2)c1C. The van der Waals surface area contributed by atoms with Gasteiger partial charge in [-0.05, 0) is 43.4 Å². The summed E-state index contributed by atoms with van der Waals surface area (Å²) >= 11 is 6.32. The molecule has 1 aromatic rings. The molecule has 0 saturated carbocycles. The number of amides is 1. The molecule has 0 spiro atoms. The van der Waals surface area contributed by atoms with E-state index < -0.39 is 5.38 Å². The second kappa shape index (κ2) is 5.09. The Bertz CT molecular complexity index is 424. The first-order chi connectivity index (χ1) is 8.11. The van der Waals surface area contributed by atoms with Gasteiger partial charge in [0, 0.05) is 13.1 Å². The number of alkyl halides is 1. The van der Waals surface area contributed by atoms with Crippen LogP contribution in [-0.2, 0) is 4.79 Å². The molecule has 17 heavy (non-hydrogen) atoms. The molecule has 1 amide bonds. The van der Waals surface area contributed by atoms with Crippen LogP contribution in [0.1, 0.15) is 34.9 Å². The highest BCUT2D eigenvalue weighted by atomic mass is 35.5. The predicted molar refractivity (Wildman–Crippen MR) is 70.3 cm³/mol. The Balaban J connectivity index is 2.21. The van der Waals surface area contributed by atoms with Crippen molar-refractivity contribution in [3.05, 3.63) is 34.9 Å². The minimum atomic E-state index is -0.534. The summed E-state index contributed by atoms with van der Waals surface area (Å²) in [5.74, 6) is 0.0536. The minimum Gasteiger partial charge on any atom is -0.341 e. The van der Waals surface area contributed by atoms with Crippen LogP contribution in [0.3, 0.4) is 0 Å². The Hall–Kier alpha value is -1.02. The molecule has 1 atom stereocenters. The number of hydrogen-bond acceptors (Lipinski definition) is 1. The second-order valence-corrected chi connectivity index (χ2v) is 5.12. The molecular weight excluding hydrogens is 234 g/mol. The lowest BCUT2D eigenvalue weighted by Crippen LogP contribution is -2.30. The summed E-state index contributed by atoms with van der Waals surface area (Å²) in [6.07, 6.45) is 2.20. The molecule has 0 bridgehead atoms. The number of nitrogens with zero attached hydrogens (tertiary/aromatic N) is 1. The Morgan fingerprint density at radius 2 is 1.94 bits per heavy atom. The van der Waals surface area contributed by atoms with Crippen LogP contribution in [0.5, 0.6) is 0 Å². The molecule has 1 aliphatic rings. The van der Waals surface area contributed by atoms with E-state index in [2.05, 4.69) is 0 Å². The fourth-order valence-corrected chi connectivity index (χ4v) is 2.65. The maximum absolute atomic E-state index is 12.2. The van der Waals surface area contributed by atoms with Gasteiger partial charge in [-0.25, -0.2) is 0 Å². The van der Waals surface area contributed by atoms with E-state index >= 15 is 0 Å². The largest absolute Gasteiger partial charge is 0.341 e. The molecule has 0 N–H and O–H groups in total. The highest BCUT2D eigenvalue weighted by Gasteiger charge is 2.27. The van der Waals surface area contributed by atoms with Crippen LogP contribution in [0.4, 0.5) is 0 Å². The molecule has 0 radical (unpaired) electrons. The van der Waals surface area contributed by atoms with Crippen LogP contribution in [0.15, 0.2) is 18.2 Å². The third-order valence-corrected chi connectivity index (χ3v) is 3.98. The first-order valence-electron chi connectivity index (χ1n) is 6.10. The Kier molecular flexibility index (Phi) is 3.72. The molecule has 92 valence electrons. The van der Waals surface area contributed by atoms with E-state index in [1.807, 2.05) is 36.9 Å². The normalized spacial score (nSPS) is 17.2. The van der Waals surface area contributed by atoms with Gasteiger partial charge in [-0.3, -0.25) is 4.79 Å². The van der Waals surface area contributed by atoms with Crippen LogP contribution in [-0.4, -0.2) is 23.9 Å². The average molecular weight is 252 g/mol. The summed E-state index contributed by atoms with van der Waals surface area (Å²) in [6.45, 7) is 5.78. The van der Waals surface area contributed by atoms with Crippen molar-refractivity contribution >= 4 is 17.5 Å². The van der Waals surface area contributed by atoms with Crippen molar-refractivity contribution in [2.24, 2.45) is 0 Å². The summed E-state index contributed by atoms with van der Waals surface area (Å²) in [6, 6.07) is 5.96. The molecular formula is C14H18ClNO. The maximum Gasteiger partial charge on any atom is 0.245 e. The van der Waals surface area contributed by atoms with Crippen molar-refractivity contribution in [1.82, 2.24) is 4.90 Å². The lowest BCUT2D eigenvalue weighted by atomic mass is 10.0. The maximum atomic E-state index is 12.2. The van der Waals surface area contributed by atoms with Crippen molar-refractivity contribution in [3.8, 4) is 0 Å². The number of hydrogen-bond donors (Lipinski definition) is 0. The van der Waals surface area contributed by atoms with Crippen molar-refractivity contribution in [3.63, 3.8) is 0 Å².